The fourth-order valence-electron chi connectivity index (χ4n) is 2.47. The van der Waals surface area contributed by atoms with Crippen LogP contribution in [0.3, 0.4) is 0 Å². The van der Waals surface area contributed by atoms with Crippen molar-refractivity contribution in [3.05, 3.63) is 47.9 Å². The SMILES string of the molecule is O=C(O)C1Cc2ccccc2CN1S(=O)(=O)c1cnc[nH]1. The van der Waals surface area contributed by atoms with Gasteiger partial charge >= 0.3 is 5.97 Å². The average Bonchev–Trinajstić information content (AvgIpc) is 3.00. The summed E-state index contributed by atoms with van der Waals surface area (Å²) in [6.45, 7) is 0.0362. The van der Waals surface area contributed by atoms with E-state index in [4.69, 9.17) is 0 Å². The summed E-state index contributed by atoms with van der Waals surface area (Å²) in [7, 11) is -3.92. The number of carbonyl (C=O) groups is 1. The number of rotatable bonds is 3. The highest BCUT2D eigenvalue weighted by molar-refractivity contribution is 7.89. The molecule has 2 heterocycles. The molecule has 0 saturated carbocycles. The first-order valence-electron chi connectivity index (χ1n) is 6.30. The van der Waals surface area contributed by atoms with Crippen molar-refractivity contribution < 1.29 is 18.3 Å². The second-order valence-corrected chi connectivity index (χ2v) is 6.65. The van der Waals surface area contributed by atoms with Gasteiger partial charge in [0.1, 0.15) is 6.04 Å². The number of sulfonamides is 1. The Morgan fingerprint density at radius 3 is 2.67 bits per heavy atom. The summed E-state index contributed by atoms with van der Waals surface area (Å²) in [6, 6.07) is 6.14. The average molecular weight is 307 g/mol. The van der Waals surface area contributed by atoms with Crippen molar-refractivity contribution in [1.82, 2.24) is 14.3 Å². The van der Waals surface area contributed by atoms with Crippen molar-refractivity contribution in [2.45, 2.75) is 24.0 Å². The van der Waals surface area contributed by atoms with Gasteiger partial charge in [-0.15, -0.1) is 0 Å². The van der Waals surface area contributed by atoms with Crippen LogP contribution in [0.4, 0.5) is 0 Å². The number of aromatic nitrogens is 2. The number of carboxylic acids is 1. The Labute approximate surface area is 121 Å². The Balaban J connectivity index is 2.06. The summed E-state index contributed by atoms with van der Waals surface area (Å²) < 4.78 is 26.1. The first-order valence-corrected chi connectivity index (χ1v) is 7.74. The van der Waals surface area contributed by atoms with Crippen molar-refractivity contribution in [3.63, 3.8) is 0 Å². The fourth-order valence-corrected chi connectivity index (χ4v) is 3.93. The smallest absolute Gasteiger partial charge is 0.322 e. The first-order chi connectivity index (χ1) is 10.00. The van der Waals surface area contributed by atoms with Gasteiger partial charge in [-0.05, 0) is 11.1 Å². The maximum absolute atomic E-state index is 12.6. The zero-order chi connectivity index (χ0) is 15.0. The summed E-state index contributed by atoms with van der Waals surface area (Å²) >= 11 is 0. The van der Waals surface area contributed by atoms with Gasteiger partial charge in [-0.2, -0.15) is 4.31 Å². The van der Waals surface area contributed by atoms with Crippen LogP contribution in [0.1, 0.15) is 11.1 Å². The van der Waals surface area contributed by atoms with E-state index >= 15 is 0 Å². The molecule has 1 unspecified atom stereocenters. The molecule has 1 aromatic heterocycles. The first kappa shape index (κ1) is 13.8. The highest BCUT2D eigenvalue weighted by Crippen LogP contribution is 2.28. The van der Waals surface area contributed by atoms with E-state index in [1.807, 2.05) is 18.2 Å². The third kappa shape index (κ3) is 2.32. The quantitative estimate of drug-likeness (QED) is 0.864. The van der Waals surface area contributed by atoms with E-state index in [1.54, 1.807) is 6.07 Å². The number of aromatic amines is 1. The summed E-state index contributed by atoms with van der Waals surface area (Å²) in [4.78, 5) is 17.7. The lowest BCUT2D eigenvalue weighted by atomic mass is 9.96. The second kappa shape index (κ2) is 4.97. The van der Waals surface area contributed by atoms with E-state index in [1.165, 1.54) is 12.5 Å². The molecule has 21 heavy (non-hydrogen) atoms. The maximum atomic E-state index is 12.6. The molecule has 1 aromatic carbocycles. The summed E-state index contributed by atoms with van der Waals surface area (Å²) in [5, 5.41) is 9.26. The number of aliphatic carboxylic acids is 1. The van der Waals surface area contributed by atoms with Crippen molar-refractivity contribution in [1.29, 1.82) is 0 Å². The van der Waals surface area contributed by atoms with Crippen molar-refractivity contribution >= 4 is 16.0 Å². The number of hydrogen-bond acceptors (Lipinski definition) is 4. The number of hydrogen-bond donors (Lipinski definition) is 2. The van der Waals surface area contributed by atoms with Gasteiger partial charge in [0.2, 0.25) is 0 Å². The molecule has 0 radical (unpaired) electrons. The number of fused-ring (bicyclic) bond motifs is 1. The highest BCUT2D eigenvalue weighted by Gasteiger charge is 2.40. The maximum Gasteiger partial charge on any atom is 0.322 e. The van der Waals surface area contributed by atoms with Crippen LogP contribution in [0.2, 0.25) is 0 Å². The molecule has 2 aromatic rings. The molecule has 110 valence electrons. The van der Waals surface area contributed by atoms with Crippen molar-refractivity contribution in [2.75, 3.05) is 0 Å². The molecule has 3 rings (SSSR count). The van der Waals surface area contributed by atoms with Gasteiger partial charge in [0.15, 0.2) is 5.03 Å². The largest absolute Gasteiger partial charge is 0.480 e. The molecule has 1 atom stereocenters. The van der Waals surface area contributed by atoms with Gasteiger partial charge in [-0.25, -0.2) is 13.4 Å². The summed E-state index contributed by atoms with van der Waals surface area (Å²) in [6.07, 6.45) is 2.58. The van der Waals surface area contributed by atoms with E-state index in [-0.39, 0.29) is 18.0 Å². The molecule has 0 fully saturated rings. The van der Waals surface area contributed by atoms with Gasteiger partial charge in [0, 0.05) is 13.0 Å². The van der Waals surface area contributed by atoms with Gasteiger partial charge < -0.3 is 10.1 Å². The molecule has 0 aliphatic carbocycles. The number of carboxylic acid groups (broad SMARTS) is 1. The van der Waals surface area contributed by atoms with Crippen LogP contribution in [0.25, 0.3) is 0 Å². The molecule has 0 saturated heterocycles. The minimum atomic E-state index is -3.92. The number of benzene rings is 1. The van der Waals surface area contributed by atoms with E-state index in [9.17, 15) is 18.3 Å². The van der Waals surface area contributed by atoms with Gasteiger partial charge in [-0.3, -0.25) is 4.79 Å². The molecular weight excluding hydrogens is 294 g/mol. The lowest BCUT2D eigenvalue weighted by Gasteiger charge is -2.32. The lowest BCUT2D eigenvalue weighted by Crippen LogP contribution is -2.48. The highest BCUT2D eigenvalue weighted by atomic mass is 32.2. The molecule has 0 amide bonds. The topological polar surface area (TPSA) is 103 Å². The predicted octanol–water partition coefficient (Wildman–Crippen LogP) is 0.610. The Morgan fingerprint density at radius 2 is 2.05 bits per heavy atom. The van der Waals surface area contributed by atoms with E-state index in [2.05, 4.69) is 9.97 Å². The number of nitrogens with one attached hydrogen (secondary N) is 1. The molecular formula is C13H13N3O4S. The Bertz CT molecular complexity index is 770. The molecule has 7 nitrogen and oxygen atoms in total. The van der Waals surface area contributed by atoms with Crippen LogP contribution in [0, 0.1) is 0 Å². The van der Waals surface area contributed by atoms with Crippen LogP contribution in [-0.4, -0.2) is 39.8 Å². The fraction of sp³-hybridized carbons (Fsp3) is 0.231. The van der Waals surface area contributed by atoms with Crippen molar-refractivity contribution in [2.24, 2.45) is 0 Å². The molecule has 1 aliphatic rings. The van der Waals surface area contributed by atoms with Crippen LogP contribution in [-0.2, 0) is 27.8 Å². The second-order valence-electron chi connectivity index (χ2n) is 4.79. The third-order valence-electron chi connectivity index (χ3n) is 3.55. The van der Waals surface area contributed by atoms with Gasteiger partial charge in [-0.1, -0.05) is 24.3 Å². The van der Waals surface area contributed by atoms with Gasteiger partial charge in [0.25, 0.3) is 10.0 Å². The molecule has 2 N–H and O–H groups in total. The van der Waals surface area contributed by atoms with E-state index in [0.29, 0.717) is 0 Å². The van der Waals surface area contributed by atoms with Crippen molar-refractivity contribution in [3.8, 4) is 0 Å². The lowest BCUT2D eigenvalue weighted by molar-refractivity contribution is -0.141. The third-order valence-corrected chi connectivity index (χ3v) is 5.33. The summed E-state index contributed by atoms with van der Waals surface area (Å²) in [5.41, 5.74) is 1.68. The minimum absolute atomic E-state index is 0.0362. The Hall–Kier alpha value is -2.19. The molecule has 0 spiro atoms. The zero-order valence-electron chi connectivity index (χ0n) is 10.9. The standard InChI is InChI=1S/C13H13N3O4S/c17-13(18)11-5-9-3-1-2-4-10(9)7-16(11)21(19,20)12-6-14-8-15-12/h1-4,6,8,11H,5,7H2,(H,14,15)(H,17,18). The van der Waals surface area contributed by atoms with Gasteiger partial charge in [0.05, 0.1) is 12.5 Å². The number of imidazole rings is 1. The molecule has 0 bridgehead atoms. The Kier molecular flexibility index (Phi) is 3.26. The zero-order valence-corrected chi connectivity index (χ0v) is 11.7. The minimum Gasteiger partial charge on any atom is -0.480 e. The van der Waals surface area contributed by atoms with Crippen LogP contribution in [0.15, 0.2) is 41.8 Å². The van der Waals surface area contributed by atoms with Crippen LogP contribution in [0.5, 0.6) is 0 Å². The number of H-pyrrole nitrogens is 1. The van der Waals surface area contributed by atoms with E-state index in [0.717, 1.165) is 15.4 Å². The number of nitrogens with zero attached hydrogens (tertiary/aromatic N) is 2. The van der Waals surface area contributed by atoms with Crippen LogP contribution < -0.4 is 0 Å². The molecule has 8 heteroatoms. The summed E-state index contributed by atoms with van der Waals surface area (Å²) in [5.74, 6) is -1.16. The molecule has 1 aliphatic heterocycles. The van der Waals surface area contributed by atoms with E-state index < -0.39 is 22.0 Å². The predicted molar refractivity (Wildman–Crippen MR) is 72.9 cm³/mol. The normalized spacial score (nSPS) is 19.1. The Morgan fingerprint density at radius 1 is 1.33 bits per heavy atom. The van der Waals surface area contributed by atoms with Crippen LogP contribution >= 0.6 is 0 Å². The monoisotopic (exact) mass is 307 g/mol.